The van der Waals surface area contributed by atoms with E-state index in [0.29, 0.717) is 32.4 Å². The Labute approximate surface area is 561 Å². The predicted octanol–water partition coefficient (Wildman–Crippen LogP) is 4.42. The number of thioether (sulfide) groups is 1. The predicted molar refractivity (Wildman–Crippen MR) is 365 cm³/mol. The van der Waals surface area contributed by atoms with E-state index >= 15 is 19.2 Å². The molecule has 0 radical (unpaired) electrons. The molecule has 5 N–H and O–H groups in total. The van der Waals surface area contributed by atoms with Gasteiger partial charge in [0.05, 0.1) is 12.6 Å². The number of nitrogens with one attached hydrogen (secondary N) is 4. The molecule has 93 heavy (non-hydrogen) atoms. The van der Waals surface area contributed by atoms with Gasteiger partial charge in [-0.25, -0.2) is 0 Å². The lowest BCUT2D eigenvalue weighted by atomic mass is 9.91. The number of nitrogens with zero attached hydrogens (tertiary/aromatic N) is 8. The maximum absolute atomic E-state index is 16.4. The number of amides is 11. The zero-order chi connectivity index (χ0) is 71.6. The molecule has 2 heterocycles. The van der Waals surface area contributed by atoms with Crippen LogP contribution < -0.4 is 21.3 Å². The number of carbonyl (C=O) groups is 11. The number of piperidine rings is 1. The monoisotopic (exact) mass is 1330 g/mol. The van der Waals surface area contributed by atoms with Crippen LogP contribution in [0.4, 0.5) is 0 Å². The summed E-state index contributed by atoms with van der Waals surface area (Å²) in [6.45, 7) is 31.1. The Balaban J connectivity index is 3.15. The van der Waals surface area contributed by atoms with Gasteiger partial charge in [-0.2, -0.15) is 0 Å². The lowest BCUT2D eigenvalue weighted by Gasteiger charge is -2.50. The van der Waals surface area contributed by atoms with E-state index in [1.807, 2.05) is 89.3 Å². The molecule has 2 rings (SSSR count). The molecule has 0 spiro atoms. The Morgan fingerprint density at radius 1 is 0.538 bits per heavy atom. The molecule has 0 bridgehead atoms. The van der Waals surface area contributed by atoms with Gasteiger partial charge in [0.25, 0.3) is 5.91 Å². The Morgan fingerprint density at radius 3 is 1.46 bits per heavy atom. The van der Waals surface area contributed by atoms with Gasteiger partial charge in [0.15, 0.2) is 4.87 Å². The minimum absolute atomic E-state index is 0.0162. The summed E-state index contributed by atoms with van der Waals surface area (Å²) >= 11 is 1.31. The van der Waals surface area contributed by atoms with Crippen molar-refractivity contribution >= 4 is 76.7 Å². The molecule has 0 aromatic heterocycles. The standard InChI is InChI=1S/C68H122N12O12S/c1-26-28-29-45(15)57(82)56-61(86)71-49(27-2)63(88)74(19)38-54(81)75(20)50(34-39(3)4)60(85)72-55(43(11)12)66(91)76(21)51(35-40(5)6)59(84)69-46(16)58(83)70-47(17)62(87)77(22)52(36-41(7)8)64(89)78(23)53(37-42(9)10)65(90)80(25)68(44(13)14,67(92)79(56)24)93-48-30-32-73(18)33-31-48/h26,28,39-53,55-57,82H,27,29-38H2,1-25H3,(H,69,84)(H,70,83)(H,71,86)(H,72,85)/b28-26+/t45-,46+,47-,49+,50+,51+,52+,53+,55+,56+,57-,68+/m1/s1. The molecule has 532 valence electrons. The SMILES string of the molecule is C/C=C/C[C@@H](C)[C@@H](O)[C@H]1C(=O)N[C@@H](CC)C(=O)N(C)CC(=O)N(C)[C@@H](CC(C)C)C(=O)N[C@@H](C(C)C)C(=O)N(C)[C@@H](CC(C)C)C(=O)N[C@@H](C)C(=O)N[C@H](C)C(=O)N(C)[C@@H](CC(C)C)C(=O)N(C)[C@@H](CC(C)C)C(=O)N(C)[C@](SC2CCN(C)CC2)(C(C)C)C(=O)N1C. The number of aliphatic hydroxyl groups is 1. The fourth-order valence-corrected chi connectivity index (χ4v) is 14.0. The average Bonchev–Trinajstić information content (AvgIpc) is 0.756. The third-order valence-electron chi connectivity index (χ3n) is 18.3. The molecule has 12 atom stereocenters. The molecule has 11 amide bonds. The van der Waals surface area contributed by atoms with E-state index in [9.17, 15) is 38.7 Å². The minimum atomic E-state index is -1.80. The van der Waals surface area contributed by atoms with E-state index < -0.39 is 155 Å². The second-order valence-electron chi connectivity index (χ2n) is 28.8. The van der Waals surface area contributed by atoms with Gasteiger partial charge in [0.2, 0.25) is 59.1 Å². The van der Waals surface area contributed by atoms with Crippen LogP contribution in [-0.4, -0.2) is 256 Å². The zero-order valence-corrected chi connectivity index (χ0v) is 62.1. The molecule has 0 aromatic rings. The van der Waals surface area contributed by atoms with E-state index in [1.54, 1.807) is 33.8 Å². The van der Waals surface area contributed by atoms with Crippen molar-refractivity contribution in [1.29, 1.82) is 0 Å². The lowest BCUT2D eigenvalue weighted by molar-refractivity contribution is -0.159. The summed E-state index contributed by atoms with van der Waals surface area (Å²) in [5, 5.41) is 23.5. The van der Waals surface area contributed by atoms with Crippen molar-refractivity contribution in [3.63, 3.8) is 0 Å². The third-order valence-corrected chi connectivity index (χ3v) is 20.4. The number of aliphatic hydroxyl groups excluding tert-OH is 1. The third kappa shape index (κ3) is 22.4. The largest absolute Gasteiger partial charge is 0.390 e. The molecular weight excluding hydrogens is 1210 g/mol. The highest BCUT2D eigenvalue weighted by molar-refractivity contribution is 8.02. The number of likely N-dealkylation sites (N-methyl/N-ethyl adjacent to an activating group) is 7. The molecule has 0 saturated carbocycles. The summed E-state index contributed by atoms with van der Waals surface area (Å²) in [5.74, 6) is -9.79. The fraction of sp³-hybridized carbons (Fsp3) is 0.809. The number of allylic oxidation sites excluding steroid dienone is 2. The van der Waals surface area contributed by atoms with Crippen molar-refractivity contribution < 1.29 is 57.8 Å². The summed E-state index contributed by atoms with van der Waals surface area (Å²) < 4.78 is 0. The average molecular weight is 1330 g/mol. The van der Waals surface area contributed by atoms with Gasteiger partial charge in [-0.15, -0.1) is 11.8 Å². The molecule has 25 heteroatoms. The topological polar surface area (TPSA) is 282 Å². The van der Waals surface area contributed by atoms with Gasteiger partial charge >= 0.3 is 0 Å². The van der Waals surface area contributed by atoms with Crippen LogP contribution in [0.1, 0.15) is 169 Å². The fourth-order valence-electron chi connectivity index (χ4n) is 12.2. The molecule has 2 aliphatic rings. The van der Waals surface area contributed by atoms with Crippen molar-refractivity contribution in [2.75, 3.05) is 76.0 Å². The van der Waals surface area contributed by atoms with E-state index in [4.69, 9.17) is 0 Å². The number of carbonyl (C=O) groups excluding carboxylic acids is 11. The Kier molecular flexibility index (Phi) is 33.6. The van der Waals surface area contributed by atoms with Gasteiger partial charge < -0.3 is 65.6 Å². The van der Waals surface area contributed by atoms with Crippen molar-refractivity contribution in [2.45, 2.75) is 240 Å². The molecule has 0 aromatic carbocycles. The van der Waals surface area contributed by atoms with Crippen molar-refractivity contribution in [3.05, 3.63) is 12.2 Å². The molecule has 2 fully saturated rings. The molecule has 24 nitrogen and oxygen atoms in total. The normalized spacial score (nSPS) is 27.8. The second kappa shape index (κ2) is 37.5. The quantitative estimate of drug-likeness (QED) is 0.126. The molecule has 2 saturated heterocycles. The van der Waals surface area contributed by atoms with Crippen LogP contribution in [0.15, 0.2) is 12.2 Å². The molecular formula is C68H122N12O12S. The van der Waals surface area contributed by atoms with Crippen LogP contribution in [0.5, 0.6) is 0 Å². The number of likely N-dealkylation sites (tertiary alicyclic amines) is 1. The van der Waals surface area contributed by atoms with Crippen LogP contribution >= 0.6 is 11.8 Å². The van der Waals surface area contributed by atoms with Crippen LogP contribution in [0.2, 0.25) is 0 Å². The summed E-state index contributed by atoms with van der Waals surface area (Å²) in [5.41, 5.74) is 0. The highest BCUT2D eigenvalue weighted by Crippen LogP contribution is 2.45. The minimum Gasteiger partial charge on any atom is -0.390 e. The van der Waals surface area contributed by atoms with E-state index in [2.05, 4.69) is 26.2 Å². The summed E-state index contributed by atoms with van der Waals surface area (Å²) in [6.07, 6.45) is 4.31. The first kappa shape index (κ1) is 83.3. The first-order valence-electron chi connectivity index (χ1n) is 33.8. The van der Waals surface area contributed by atoms with Crippen LogP contribution in [-0.2, 0) is 52.7 Å². The molecule has 2 aliphatic heterocycles. The zero-order valence-electron chi connectivity index (χ0n) is 61.2. The summed E-state index contributed by atoms with van der Waals surface area (Å²) in [6, 6.07) is -11.2. The Bertz CT molecular complexity index is 2580. The van der Waals surface area contributed by atoms with Gasteiger partial charge in [-0.3, -0.25) is 52.7 Å². The number of hydrogen-bond acceptors (Lipinski definition) is 14. The first-order chi connectivity index (χ1) is 43.0. The van der Waals surface area contributed by atoms with Gasteiger partial charge in [0.1, 0.15) is 54.4 Å². The maximum atomic E-state index is 16.4. The van der Waals surface area contributed by atoms with Crippen molar-refractivity contribution in [3.8, 4) is 0 Å². The van der Waals surface area contributed by atoms with Crippen LogP contribution in [0.3, 0.4) is 0 Å². The van der Waals surface area contributed by atoms with Crippen molar-refractivity contribution in [1.82, 2.24) is 60.5 Å². The molecule has 0 aliphatic carbocycles. The summed E-state index contributed by atoms with van der Waals surface area (Å²) in [4.78, 5) is 174. The second-order valence-corrected chi connectivity index (χ2v) is 30.3. The van der Waals surface area contributed by atoms with E-state index in [1.165, 1.54) is 104 Å². The van der Waals surface area contributed by atoms with Crippen LogP contribution in [0.25, 0.3) is 0 Å². The van der Waals surface area contributed by atoms with Crippen molar-refractivity contribution in [2.24, 2.45) is 41.4 Å². The maximum Gasteiger partial charge on any atom is 0.259 e. The Hall–Kier alpha value is -5.82. The van der Waals surface area contributed by atoms with Gasteiger partial charge in [0, 0.05) is 54.6 Å². The first-order valence-corrected chi connectivity index (χ1v) is 34.7. The highest BCUT2D eigenvalue weighted by atomic mass is 32.2. The van der Waals surface area contributed by atoms with E-state index in [0.717, 1.165) is 4.90 Å². The van der Waals surface area contributed by atoms with Gasteiger partial charge in [-0.1, -0.05) is 109 Å². The highest BCUT2D eigenvalue weighted by Gasteiger charge is 2.55. The number of rotatable bonds is 17. The lowest BCUT2D eigenvalue weighted by Crippen LogP contribution is -2.68. The van der Waals surface area contributed by atoms with E-state index in [-0.39, 0.29) is 61.0 Å². The number of hydrogen-bond donors (Lipinski definition) is 5. The van der Waals surface area contributed by atoms with Crippen LogP contribution in [0, 0.1) is 41.4 Å². The Morgan fingerprint density at radius 2 is 0.989 bits per heavy atom. The molecule has 0 unspecified atom stereocenters. The smallest absolute Gasteiger partial charge is 0.259 e. The van der Waals surface area contributed by atoms with Gasteiger partial charge in [-0.05, 0) is 134 Å². The summed E-state index contributed by atoms with van der Waals surface area (Å²) in [7, 11) is 12.2.